The molecule has 0 aromatic heterocycles. The molecule has 11 heavy (non-hydrogen) atoms. The topological polar surface area (TPSA) is 15.6 Å². The Labute approximate surface area is 66.9 Å². The fourth-order valence-electron chi connectivity index (χ4n) is 1.50. The van der Waals surface area contributed by atoms with Gasteiger partial charge in [-0.25, -0.2) is 0 Å². The van der Waals surface area contributed by atoms with E-state index in [1.807, 2.05) is 6.21 Å². The number of aliphatic imine (C=N–C) groups is 1. The van der Waals surface area contributed by atoms with E-state index in [0.717, 1.165) is 19.5 Å². The van der Waals surface area contributed by atoms with E-state index in [-0.39, 0.29) is 0 Å². The molecule has 2 aliphatic heterocycles. The number of nitrogens with zero attached hydrogens (tertiary/aromatic N) is 2. The van der Waals surface area contributed by atoms with E-state index in [9.17, 15) is 0 Å². The summed E-state index contributed by atoms with van der Waals surface area (Å²) < 4.78 is 0. The Bertz CT molecular complexity index is 224. The van der Waals surface area contributed by atoms with Crippen molar-refractivity contribution in [3.05, 3.63) is 23.4 Å². The molecule has 58 valence electrons. The zero-order valence-corrected chi connectivity index (χ0v) is 6.75. The normalized spacial score (nSPS) is 24.1. The highest BCUT2D eigenvalue weighted by atomic mass is 15.1. The van der Waals surface area contributed by atoms with Gasteiger partial charge in [-0.2, -0.15) is 0 Å². The second-order valence-corrected chi connectivity index (χ2v) is 3.09. The van der Waals surface area contributed by atoms with E-state index in [1.165, 1.54) is 11.3 Å². The predicted molar refractivity (Wildman–Crippen MR) is 46.8 cm³/mol. The standard InChI is InChI=1S/C9H12N2/c1-11-6-8-4-2-3-5-10-9(8)7-11/h2,4-5H,3,6-7H2,1H3. The minimum absolute atomic E-state index is 0.983. The molecule has 2 heteroatoms. The van der Waals surface area contributed by atoms with E-state index in [1.54, 1.807) is 0 Å². The van der Waals surface area contributed by atoms with Gasteiger partial charge < -0.3 is 0 Å². The first-order chi connectivity index (χ1) is 5.36. The average molecular weight is 148 g/mol. The Balaban J connectivity index is 2.28. The number of hydrogen-bond donors (Lipinski definition) is 0. The molecule has 0 bridgehead atoms. The van der Waals surface area contributed by atoms with Crippen LogP contribution in [-0.2, 0) is 0 Å². The summed E-state index contributed by atoms with van der Waals surface area (Å²) in [6.45, 7) is 2.07. The summed E-state index contributed by atoms with van der Waals surface area (Å²) in [6.07, 6.45) is 7.34. The summed E-state index contributed by atoms with van der Waals surface area (Å²) in [5.74, 6) is 0. The van der Waals surface area contributed by atoms with Crippen LogP contribution in [0.3, 0.4) is 0 Å². The van der Waals surface area contributed by atoms with Crippen molar-refractivity contribution >= 4 is 6.21 Å². The molecule has 2 nitrogen and oxygen atoms in total. The van der Waals surface area contributed by atoms with Gasteiger partial charge in [0.1, 0.15) is 0 Å². The lowest BCUT2D eigenvalue weighted by molar-refractivity contribution is 0.425. The molecule has 2 aliphatic rings. The molecule has 0 amide bonds. The van der Waals surface area contributed by atoms with Crippen LogP contribution in [0.2, 0.25) is 0 Å². The van der Waals surface area contributed by atoms with Gasteiger partial charge in [-0.15, -0.1) is 0 Å². The molecular formula is C9H12N2. The minimum atomic E-state index is 0.983. The summed E-state index contributed by atoms with van der Waals surface area (Å²) >= 11 is 0. The van der Waals surface area contributed by atoms with Gasteiger partial charge in [0, 0.05) is 25.7 Å². The van der Waals surface area contributed by atoms with E-state index < -0.39 is 0 Å². The third kappa shape index (κ3) is 1.26. The Morgan fingerprint density at radius 1 is 1.45 bits per heavy atom. The SMILES string of the molecule is CN1CC2=C(C1)N=CCC=C2. The van der Waals surface area contributed by atoms with Crippen LogP contribution < -0.4 is 0 Å². The third-order valence-corrected chi connectivity index (χ3v) is 2.04. The van der Waals surface area contributed by atoms with Crippen LogP contribution in [0.25, 0.3) is 0 Å². The average Bonchev–Trinajstić information content (AvgIpc) is 2.17. The Morgan fingerprint density at radius 3 is 3.27 bits per heavy atom. The highest BCUT2D eigenvalue weighted by Crippen LogP contribution is 2.19. The van der Waals surface area contributed by atoms with Crippen molar-refractivity contribution in [3.8, 4) is 0 Å². The smallest absolute Gasteiger partial charge is 0.0584 e. The van der Waals surface area contributed by atoms with Crippen LogP contribution in [0.1, 0.15) is 6.42 Å². The fourth-order valence-corrected chi connectivity index (χ4v) is 1.50. The summed E-state index contributed by atoms with van der Waals surface area (Å²) in [7, 11) is 2.12. The molecule has 0 spiro atoms. The van der Waals surface area contributed by atoms with Crippen molar-refractivity contribution in [2.24, 2.45) is 4.99 Å². The molecule has 0 saturated heterocycles. The second-order valence-electron chi connectivity index (χ2n) is 3.09. The highest BCUT2D eigenvalue weighted by Gasteiger charge is 2.16. The van der Waals surface area contributed by atoms with Crippen LogP contribution in [0, 0.1) is 0 Å². The van der Waals surface area contributed by atoms with Crippen molar-refractivity contribution in [1.82, 2.24) is 4.90 Å². The molecule has 2 heterocycles. The fraction of sp³-hybridized carbons (Fsp3) is 0.444. The minimum Gasteiger partial charge on any atom is -0.296 e. The second kappa shape index (κ2) is 2.62. The molecule has 0 unspecified atom stereocenters. The maximum Gasteiger partial charge on any atom is 0.0584 e. The van der Waals surface area contributed by atoms with Crippen molar-refractivity contribution in [2.75, 3.05) is 20.1 Å². The van der Waals surface area contributed by atoms with Gasteiger partial charge in [0.2, 0.25) is 0 Å². The Morgan fingerprint density at radius 2 is 2.36 bits per heavy atom. The molecule has 0 N–H and O–H groups in total. The Hall–Kier alpha value is -0.890. The first kappa shape index (κ1) is 6.80. The number of hydrogen-bond acceptors (Lipinski definition) is 2. The van der Waals surface area contributed by atoms with Crippen molar-refractivity contribution < 1.29 is 0 Å². The zero-order valence-electron chi connectivity index (χ0n) is 6.75. The van der Waals surface area contributed by atoms with Gasteiger partial charge in [-0.3, -0.25) is 9.89 Å². The van der Waals surface area contributed by atoms with Gasteiger partial charge in [0.15, 0.2) is 0 Å². The van der Waals surface area contributed by atoms with Crippen molar-refractivity contribution in [3.63, 3.8) is 0 Å². The summed E-state index contributed by atoms with van der Waals surface area (Å²) in [5, 5.41) is 0. The van der Waals surface area contributed by atoms with Crippen molar-refractivity contribution in [1.29, 1.82) is 0 Å². The molecule has 0 fully saturated rings. The van der Waals surface area contributed by atoms with Crippen LogP contribution in [0.5, 0.6) is 0 Å². The number of likely N-dealkylation sites (N-methyl/N-ethyl adjacent to an activating group) is 1. The van der Waals surface area contributed by atoms with Gasteiger partial charge in [0.25, 0.3) is 0 Å². The van der Waals surface area contributed by atoms with E-state index in [2.05, 4.69) is 29.1 Å². The molecule has 0 aliphatic carbocycles. The van der Waals surface area contributed by atoms with E-state index in [0.29, 0.717) is 0 Å². The Kier molecular flexibility index (Phi) is 1.62. The molecule has 0 radical (unpaired) electrons. The maximum absolute atomic E-state index is 4.39. The highest BCUT2D eigenvalue weighted by molar-refractivity contribution is 5.63. The van der Waals surface area contributed by atoms with E-state index in [4.69, 9.17) is 0 Å². The molecule has 0 atom stereocenters. The molecule has 2 rings (SSSR count). The quantitative estimate of drug-likeness (QED) is 0.504. The number of rotatable bonds is 0. The predicted octanol–water partition coefficient (Wildman–Crippen LogP) is 1.22. The van der Waals surface area contributed by atoms with Gasteiger partial charge in [-0.05, 0) is 12.6 Å². The van der Waals surface area contributed by atoms with Gasteiger partial charge >= 0.3 is 0 Å². The van der Waals surface area contributed by atoms with Gasteiger partial charge in [0.05, 0.1) is 5.70 Å². The van der Waals surface area contributed by atoms with Crippen LogP contribution in [0.15, 0.2) is 28.4 Å². The van der Waals surface area contributed by atoms with Crippen LogP contribution >= 0.6 is 0 Å². The molecule has 0 aromatic carbocycles. The lowest BCUT2D eigenvalue weighted by Gasteiger charge is -2.04. The maximum atomic E-state index is 4.39. The summed E-state index contributed by atoms with van der Waals surface area (Å²) in [6, 6.07) is 0. The lowest BCUT2D eigenvalue weighted by atomic mass is 10.2. The lowest BCUT2D eigenvalue weighted by Crippen LogP contribution is -2.14. The van der Waals surface area contributed by atoms with Crippen molar-refractivity contribution in [2.45, 2.75) is 6.42 Å². The first-order valence-electron chi connectivity index (χ1n) is 3.96. The zero-order chi connectivity index (χ0) is 7.68. The van der Waals surface area contributed by atoms with Gasteiger partial charge in [-0.1, -0.05) is 12.2 Å². The summed E-state index contributed by atoms with van der Waals surface area (Å²) in [4.78, 5) is 6.66. The third-order valence-electron chi connectivity index (χ3n) is 2.04. The van der Waals surface area contributed by atoms with E-state index >= 15 is 0 Å². The molecule has 0 saturated carbocycles. The van der Waals surface area contributed by atoms with Crippen LogP contribution in [-0.4, -0.2) is 31.3 Å². The summed E-state index contributed by atoms with van der Waals surface area (Å²) in [5.41, 5.74) is 2.64. The molecular weight excluding hydrogens is 136 g/mol. The monoisotopic (exact) mass is 148 g/mol. The molecule has 0 aromatic rings. The van der Waals surface area contributed by atoms with Crippen LogP contribution in [0.4, 0.5) is 0 Å². The largest absolute Gasteiger partial charge is 0.296 e. The first-order valence-corrected chi connectivity index (χ1v) is 3.96. The number of allylic oxidation sites excluding steroid dienone is 1.